The molecular weight excluding hydrogens is 450 g/mol. The molecule has 0 saturated heterocycles. The molecule has 0 amide bonds. The molecule has 2 aromatic rings. The highest BCUT2D eigenvalue weighted by atomic mass is 35.5. The van der Waals surface area contributed by atoms with Gasteiger partial charge in [-0.25, -0.2) is 4.98 Å². The van der Waals surface area contributed by atoms with E-state index in [4.69, 9.17) is 21.0 Å². The lowest BCUT2D eigenvalue weighted by Gasteiger charge is -2.07. The number of alkyl halides is 1. The second-order valence-corrected chi connectivity index (χ2v) is 9.93. The average Bonchev–Trinajstić information content (AvgIpc) is 3.05. The first kappa shape index (κ1) is 24.0. The van der Waals surface area contributed by atoms with E-state index in [1.54, 1.807) is 6.26 Å². The number of aromatic nitrogens is 1. The van der Waals surface area contributed by atoms with Gasteiger partial charge in [0.1, 0.15) is 10.7 Å². The van der Waals surface area contributed by atoms with Gasteiger partial charge in [-0.1, -0.05) is 37.6 Å². The Morgan fingerprint density at radius 1 is 1.29 bits per heavy atom. The van der Waals surface area contributed by atoms with Crippen LogP contribution in [0.4, 0.5) is 0 Å². The number of thioether (sulfide) groups is 1. The van der Waals surface area contributed by atoms with Crippen LogP contribution in [-0.2, 0) is 10.8 Å². The first-order valence-electron chi connectivity index (χ1n) is 10.3. The summed E-state index contributed by atoms with van der Waals surface area (Å²) in [5.74, 6) is 1.39. The van der Waals surface area contributed by atoms with Crippen LogP contribution in [0.25, 0.3) is 11.3 Å². The van der Waals surface area contributed by atoms with Gasteiger partial charge in [-0.3, -0.25) is 9.20 Å². The molecular formula is C23H28ClN3O2S2. The molecule has 2 atom stereocenters. The van der Waals surface area contributed by atoms with Gasteiger partial charge in [0.15, 0.2) is 11.0 Å². The van der Waals surface area contributed by atoms with Crippen molar-refractivity contribution in [2.75, 3.05) is 25.2 Å². The molecule has 1 aliphatic rings. The lowest BCUT2D eigenvalue weighted by Crippen LogP contribution is -2.16. The fourth-order valence-corrected chi connectivity index (χ4v) is 4.57. The Labute approximate surface area is 195 Å². The predicted octanol–water partition coefficient (Wildman–Crippen LogP) is 5.76. The molecule has 0 fully saturated rings. The molecule has 0 saturated carbocycles. The summed E-state index contributed by atoms with van der Waals surface area (Å²) >= 11 is 7.43. The van der Waals surface area contributed by atoms with E-state index in [0.29, 0.717) is 16.9 Å². The summed E-state index contributed by atoms with van der Waals surface area (Å²) in [4.78, 5) is 10.2. The van der Waals surface area contributed by atoms with Crippen molar-refractivity contribution in [2.24, 2.45) is 4.99 Å². The number of oxazole rings is 1. The minimum absolute atomic E-state index is 0.184. The lowest BCUT2D eigenvalue weighted by atomic mass is 10.1. The predicted molar refractivity (Wildman–Crippen MR) is 132 cm³/mol. The fourth-order valence-electron chi connectivity index (χ4n) is 3.02. The Bertz CT molecular complexity index is 997. The van der Waals surface area contributed by atoms with Crippen molar-refractivity contribution in [2.45, 2.75) is 42.6 Å². The number of nitrogens with zero attached hydrogens (tertiary/aromatic N) is 2. The van der Waals surface area contributed by atoms with Gasteiger partial charge in [-0.05, 0) is 49.5 Å². The minimum Gasteiger partial charge on any atom is -0.433 e. The van der Waals surface area contributed by atoms with E-state index >= 15 is 0 Å². The number of halogens is 1. The van der Waals surface area contributed by atoms with Crippen LogP contribution in [0.5, 0.6) is 0 Å². The first-order valence-corrected chi connectivity index (χ1v) is 13.2. The Morgan fingerprint density at radius 3 is 2.74 bits per heavy atom. The summed E-state index contributed by atoms with van der Waals surface area (Å²) < 4.78 is 18.0. The zero-order chi connectivity index (χ0) is 22.2. The number of aliphatic imine (C=N–C) groups is 1. The molecule has 3 rings (SSSR count). The number of rotatable bonds is 10. The van der Waals surface area contributed by atoms with Crippen LogP contribution < -0.4 is 5.32 Å². The van der Waals surface area contributed by atoms with Crippen LogP contribution in [0.3, 0.4) is 0 Å². The molecule has 2 heterocycles. The van der Waals surface area contributed by atoms with E-state index in [1.807, 2.05) is 42.6 Å². The minimum atomic E-state index is -1.02. The Hall–Kier alpha value is -1.67. The van der Waals surface area contributed by atoms with Crippen molar-refractivity contribution < 1.29 is 8.63 Å². The third-order valence-corrected chi connectivity index (χ3v) is 7.09. The van der Waals surface area contributed by atoms with Gasteiger partial charge in [0.05, 0.1) is 0 Å². The van der Waals surface area contributed by atoms with Gasteiger partial charge in [0.25, 0.3) is 0 Å². The quantitative estimate of drug-likeness (QED) is 0.348. The lowest BCUT2D eigenvalue weighted by molar-refractivity contribution is 0.389. The molecule has 166 valence electrons. The molecule has 0 aliphatic carbocycles. The second-order valence-electron chi connectivity index (χ2n) is 7.29. The van der Waals surface area contributed by atoms with Gasteiger partial charge in [-0.15, -0.1) is 11.6 Å². The maximum absolute atomic E-state index is 11.8. The summed E-state index contributed by atoms with van der Waals surface area (Å²) in [6, 6.07) is 7.65. The summed E-state index contributed by atoms with van der Waals surface area (Å²) in [5, 5.41) is 4.89. The van der Waals surface area contributed by atoms with Crippen molar-refractivity contribution in [1.29, 1.82) is 0 Å². The van der Waals surface area contributed by atoms with Crippen molar-refractivity contribution in [1.82, 2.24) is 10.3 Å². The van der Waals surface area contributed by atoms with Crippen LogP contribution in [-0.4, -0.2) is 40.6 Å². The van der Waals surface area contributed by atoms with E-state index in [0.717, 1.165) is 52.7 Å². The molecule has 2 unspecified atom stereocenters. The number of nitrogens with one attached hydrogen (secondary N) is 1. The Balaban J connectivity index is 1.92. The van der Waals surface area contributed by atoms with E-state index in [2.05, 4.69) is 24.2 Å². The van der Waals surface area contributed by atoms with Crippen LogP contribution in [0, 0.1) is 0 Å². The molecule has 8 heteroatoms. The van der Waals surface area contributed by atoms with Gasteiger partial charge in [0.2, 0.25) is 0 Å². The smallest absolute Gasteiger partial charge is 0.199 e. The average molecular weight is 478 g/mol. The number of benzene rings is 1. The molecule has 5 nitrogen and oxygen atoms in total. The van der Waals surface area contributed by atoms with Crippen molar-refractivity contribution in [3.8, 4) is 11.3 Å². The third kappa shape index (κ3) is 6.65. The van der Waals surface area contributed by atoms with Gasteiger partial charge in [0, 0.05) is 51.9 Å². The normalized spacial score (nSPS) is 15.9. The van der Waals surface area contributed by atoms with Crippen LogP contribution >= 0.6 is 23.4 Å². The van der Waals surface area contributed by atoms with Gasteiger partial charge in [-0.2, -0.15) is 0 Å². The van der Waals surface area contributed by atoms with E-state index in [9.17, 15) is 4.21 Å². The number of allylic oxidation sites excluding steroid dienone is 3. The number of hydrogen-bond acceptors (Lipinski definition) is 6. The summed E-state index contributed by atoms with van der Waals surface area (Å²) in [6.07, 6.45) is 9.22. The third-order valence-electron chi connectivity index (χ3n) is 4.90. The highest BCUT2D eigenvalue weighted by molar-refractivity contribution is 8.03. The summed E-state index contributed by atoms with van der Waals surface area (Å²) in [6.45, 7) is 6.08. The largest absolute Gasteiger partial charge is 0.433 e. The molecule has 1 N–H and O–H groups in total. The zero-order valence-electron chi connectivity index (χ0n) is 18.1. The topological polar surface area (TPSA) is 67.5 Å². The zero-order valence-corrected chi connectivity index (χ0v) is 20.4. The summed E-state index contributed by atoms with van der Waals surface area (Å²) in [7, 11) is -1.02. The van der Waals surface area contributed by atoms with Crippen molar-refractivity contribution >= 4 is 40.4 Å². The molecule has 0 bridgehead atoms. The molecule has 0 radical (unpaired) electrons. The van der Waals surface area contributed by atoms with Crippen LogP contribution in [0.15, 0.2) is 66.4 Å². The molecule has 1 aromatic heterocycles. The molecule has 1 aromatic carbocycles. The van der Waals surface area contributed by atoms with Crippen LogP contribution in [0.2, 0.25) is 0 Å². The maximum Gasteiger partial charge on any atom is 0.199 e. The molecule has 31 heavy (non-hydrogen) atoms. The Kier molecular flexibility index (Phi) is 9.14. The van der Waals surface area contributed by atoms with Gasteiger partial charge < -0.3 is 9.73 Å². The van der Waals surface area contributed by atoms with Crippen molar-refractivity contribution in [3.05, 3.63) is 52.9 Å². The molecule has 0 spiro atoms. The Morgan fingerprint density at radius 2 is 2.06 bits per heavy atom. The SMILES string of the molecule is CCNCCC(C)c1nc(-c2ccc(S(C)=O)cc2)c(SC2=CC=C(CCl)CC=N2)o1. The van der Waals surface area contributed by atoms with Crippen LogP contribution in [0.1, 0.15) is 38.5 Å². The molecule has 1 aliphatic heterocycles. The highest BCUT2D eigenvalue weighted by Gasteiger charge is 2.21. The van der Waals surface area contributed by atoms with E-state index in [1.165, 1.54) is 11.8 Å². The van der Waals surface area contributed by atoms with E-state index in [-0.39, 0.29) is 5.92 Å². The monoisotopic (exact) mass is 477 g/mol. The van der Waals surface area contributed by atoms with E-state index < -0.39 is 10.8 Å². The highest BCUT2D eigenvalue weighted by Crippen LogP contribution is 2.39. The number of hydrogen-bond donors (Lipinski definition) is 1. The van der Waals surface area contributed by atoms with Gasteiger partial charge >= 0.3 is 0 Å². The first-order chi connectivity index (χ1) is 15.0. The summed E-state index contributed by atoms with van der Waals surface area (Å²) in [5.41, 5.74) is 2.84. The fraction of sp³-hybridized carbons (Fsp3) is 0.391. The maximum atomic E-state index is 11.8. The second kappa shape index (κ2) is 11.8. The standard InChI is InChI=1S/C23H28ClN3O2S2/c1-4-25-13-11-16(2)22-27-21(18-6-8-19(9-7-18)31(3)28)23(29-22)30-20-10-5-17(15-24)12-14-26-20/h5-10,14,16,25H,4,11-13,15H2,1-3H3. The van der Waals surface area contributed by atoms with Crippen molar-refractivity contribution in [3.63, 3.8) is 0 Å².